The highest BCUT2D eigenvalue weighted by Crippen LogP contribution is 2.37. The Morgan fingerprint density at radius 1 is 1.03 bits per heavy atom. The molecule has 190 valence electrons. The Morgan fingerprint density at radius 2 is 1.76 bits per heavy atom. The maximum Gasteiger partial charge on any atom is 0.256 e. The minimum absolute atomic E-state index is 0.0745. The van der Waals surface area contributed by atoms with E-state index in [1.807, 2.05) is 0 Å². The van der Waals surface area contributed by atoms with Crippen molar-refractivity contribution in [2.75, 3.05) is 13.1 Å². The van der Waals surface area contributed by atoms with Gasteiger partial charge in [0.05, 0.1) is 27.3 Å². The molecule has 37 heavy (non-hydrogen) atoms. The van der Waals surface area contributed by atoms with Crippen molar-refractivity contribution in [3.63, 3.8) is 0 Å². The fraction of sp³-hybridized carbons (Fsp3) is 0.214. The van der Waals surface area contributed by atoms with Gasteiger partial charge in [-0.05, 0) is 48.7 Å². The van der Waals surface area contributed by atoms with Crippen LogP contribution in [0.5, 0.6) is 0 Å². The number of sulfone groups is 1. The van der Waals surface area contributed by atoms with Crippen LogP contribution in [0.2, 0.25) is 5.02 Å². The summed E-state index contributed by atoms with van der Waals surface area (Å²) in [5.74, 6) is -1.73. The van der Waals surface area contributed by atoms with Gasteiger partial charge in [-0.25, -0.2) is 12.8 Å². The molecule has 3 aromatic carbocycles. The van der Waals surface area contributed by atoms with E-state index in [2.05, 4.69) is 4.98 Å². The lowest BCUT2D eigenvalue weighted by molar-refractivity contribution is -0.0211. The zero-order valence-electron chi connectivity index (χ0n) is 19.8. The van der Waals surface area contributed by atoms with Gasteiger partial charge in [-0.2, -0.15) is 0 Å². The molecule has 1 aliphatic heterocycles. The first-order valence-corrected chi connectivity index (χ1v) is 13.8. The van der Waals surface area contributed by atoms with Crippen molar-refractivity contribution in [1.29, 1.82) is 0 Å². The molecule has 1 amide bonds. The van der Waals surface area contributed by atoms with Gasteiger partial charge in [0.15, 0.2) is 9.84 Å². The normalized spacial score (nSPS) is 15.6. The highest BCUT2D eigenvalue weighted by atomic mass is 35.5. The van der Waals surface area contributed by atoms with E-state index in [0.717, 1.165) is 6.07 Å². The largest absolute Gasteiger partial charge is 0.385 e. The van der Waals surface area contributed by atoms with Crippen LogP contribution in [0, 0.1) is 5.82 Å². The van der Waals surface area contributed by atoms with Crippen LogP contribution in [-0.2, 0) is 21.2 Å². The third-order valence-corrected chi connectivity index (χ3v) is 8.85. The Hall–Kier alpha value is -3.33. The maximum absolute atomic E-state index is 15.0. The van der Waals surface area contributed by atoms with Crippen LogP contribution < -0.4 is 0 Å². The Bertz CT molecular complexity index is 1600. The number of benzene rings is 3. The van der Waals surface area contributed by atoms with E-state index >= 15 is 4.39 Å². The molecule has 0 spiro atoms. The number of hydrogen-bond donors (Lipinski definition) is 1. The number of fused-ring (bicyclic) bond motifs is 1. The van der Waals surface area contributed by atoms with Gasteiger partial charge in [-0.15, -0.1) is 0 Å². The Labute approximate surface area is 219 Å². The Kier molecular flexibility index (Phi) is 6.74. The summed E-state index contributed by atoms with van der Waals surface area (Å²) in [6.07, 6.45) is 2.05. The number of pyridine rings is 1. The monoisotopic (exact) mass is 538 g/mol. The number of hydrogen-bond acceptors (Lipinski definition) is 5. The standard InChI is InChI=1S/C28H24ClFN2O4S/c29-23-8-2-1-7-22(23)28(34)12-15-32(16-13-28)27(33)21-11-10-19(17-24(21)30)18-37(35,36)25-9-3-5-20-6-4-14-31-26(20)25/h1-11,14,17,34H,12-13,15-16,18H2. The average molecular weight is 539 g/mol. The van der Waals surface area contributed by atoms with Gasteiger partial charge in [-0.3, -0.25) is 9.78 Å². The van der Waals surface area contributed by atoms with Crippen molar-refractivity contribution >= 4 is 38.2 Å². The molecule has 5 rings (SSSR count). The quantitative estimate of drug-likeness (QED) is 0.381. The third kappa shape index (κ3) is 4.97. The summed E-state index contributed by atoms with van der Waals surface area (Å²) in [5.41, 5.74) is -0.103. The molecule has 0 bridgehead atoms. The number of halogens is 2. The molecule has 0 saturated carbocycles. The van der Waals surface area contributed by atoms with Crippen LogP contribution in [0.25, 0.3) is 10.9 Å². The van der Waals surface area contributed by atoms with Crippen LogP contribution in [0.15, 0.2) is 83.9 Å². The number of amides is 1. The third-order valence-electron chi connectivity index (χ3n) is 6.80. The molecule has 1 aromatic heterocycles. The summed E-state index contributed by atoms with van der Waals surface area (Å²) in [6, 6.07) is 19.3. The molecule has 1 saturated heterocycles. The number of carbonyl (C=O) groups is 1. The van der Waals surface area contributed by atoms with Crippen molar-refractivity contribution in [2.45, 2.75) is 29.1 Å². The van der Waals surface area contributed by atoms with Crippen molar-refractivity contribution in [3.8, 4) is 0 Å². The van der Waals surface area contributed by atoms with E-state index in [4.69, 9.17) is 11.6 Å². The SMILES string of the molecule is O=C(c1ccc(CS(=O)(=O)c2cccc3cccnc23)cc1F)N1CCC(O)(c2ccccc2Cl)CC1. The molecule has 1 aliphatic rings. The van der Waals surface area contributed by atoms with Gasteiger partial charge in [0.25, 0.3) is 5.91 Å². The lowest BCUT2D eigenvalue weighted by Gasteiger charge is -2.39. The van der Waals surface area contributed by atoms with Crippen LogP contribution in [0.3, 0.4) is 0 Å². The number of aliphatic hydroxyl groups is 1. The van der Waals surface area contributed by atoms with Crippen LogP contribution in [0.4, 0.5) is 4.39 Å². The second kappa shape index (κ2) is 9.85. The van der Waals surface area contributed by atoms with Gasteiger partial charge in [0.1, 0.15) is 5.82 Å². The van der Waals surface area contributed by atoms with Crippen LogP contribution in [-0.4, -0.2) is 42.4 Å². The second-order valence-corrected chi connectivity index (χ2v) is 11.6. The predicted molar refractivity (Wildman–Crippen MR) is 140 cm³/mol. The summed E-state index contributed by atoms with van der Waals surface area (Å²) in [4.78, 5) is 18.8. The van der Waals surface area contributed by atoms with Gasteiger partial charge in [0.2, 0.25) is 0 Å². The minimum atomic E-state index is -3.82. The molecule has 4 aromatic rings. The fourth-order valence-corrected chi connectivity index (χ4v) is 6.64. The molecule has 0 aliphatic carbocycles. The second-order valence-electron chi connectivity index (χ2n) is 9.21. The molecular weight excluding hydrogens is 515 g/mol. The number of likely N-dealkylation sites (tertiary alicyclic amines) is 1. The van der Waals surface area contributed by atoms with Gasteiger partial charge in [-0.1, -0.05) is 54.1 Å². The van der Waals surface area contributed by atoms with Gasteiger partial charge >= 0.3 is 0 Å². The average Bonchev–Trinajstić information content (AvgIpc) is 2.88. The number of aromatic nitrogens is 1. The Morgan fingerprint density at radius 3 is 2.49 bits per heavy atom. The molecular formula is C28H24ClFN2O4S. The number of carbonyl (C=O) groups excluding carboxylic acids is 1. The lowest BCUT2D eigenvalue weighted by Crippen LogP contribution is -2.45. The molecule has 6 nitrogen and oxygen atoms in total. The summed E-state index contributed by atoms with van der Waals surface area (Å²) < 4.78 is 41.3. The summed E-state index contributed by atoms with van der Waals surface area (Å²) in [6.45, 7) is 0.453. The van der Waals surface area contributed by atoms with Crippen molar-refractivity contribution in [1.82, 2.24) is 9.88 Å². The van der Waals surface area contributed by atoms with Gasteiger partial charge in [0, 0.05) is 35.3 Å². The highest BCUT2D eigenvalue weighted by Gasteiger charge is 2.37. The summed E-state index contributed by atoms with van der Waals surface area (Å²) in [5, 5.41) is 12.2. The smallest absolute Gasteiger partial charge is 0.256 e. The van der Waals surface area contributed by atoms with E-state index in [1.54, 1.807) is 48.5 Å². The zero-order chi connectivity index (χ0) is 26.2. The fourth-order valence-electron chi connectivity index (χ4n) is 4.80. The maximum atomic E-state index is 15.0. The van der Waals surface area contributed by atoms with E-state index < -0.39 is 32.9 Å². The number of para-hydroxylation sites is 1. The molecule has 0 atom stereocenters. The number of piperidine rings is 1. The first-order chi connectivity index (χ1) is 17.7. The van der Waals surface area contributed by atoms with Crippen LogP contribution >= 0.6 is 11.6 Å². The highest BCUT2D eigenvalue weighted by molar-refractivity contribution is 7.90. The number of rotatable bonds is 5. The first-order valence-electron chi connectivity index (χ1n) is 11.8. The van der Waals surface area contributed by atoms with Gasteiger partial charge < -0.3 is 10.0 Å². The minimum Gasteiger partial charge on any atom is -0.385 e. The number of nitrogens with zero attached hydrogens (tertiary/aromatic N) is 2. The molecule has 2 heterocycles. The predicted octanol–water partition coefficient (Wildman–Crippen LogP) is 5.13. The first kappa shape index (κ1) is 25.3. The summed E-state index contributed by atoms with van der Waals surface area (Å²) in [7, 11) is -3.82. The van der Waals surface area contributed by atoms with E-state index in [0.29, 0.717) is 21.5 Å². The Balaban J connectivity index is 1.31. The van der Waals surface area contributed by atoms with Crippen molar-refractivity contribution < 1.29 is 22.7 Å². The van der Waals surface area contributed by atoms with Crippen LogP contribution in [0.1, 0.15) is 34.3 Å². The zero-order valence-corrected chi connectivity index (χ0v) is 21.3. The molecule has 0 radical (unpaired) electrons. The van der Waals surface area contributed by atoms with E-state index in [9.17, 15) is 18.3 Å². The molecule has 1 N–H and O–H groups in total. The van der Waals surface area contributed by atoms with E-state index in [-0.39, 0.29) is 42.0 Å². The van der Waals surface area contributed by atoms with E-state index in [1.165, 1.54) is 29.3 Å². The molecule has 0 unspecified atom stereocenters. The topological polar surface area (TPSA) is 87.6 Å². The summed E-state index contributed by atoms with van der Waals surface area (Å²) >= 11 is 6.25. The lowest BCUT2D eigenvalue weighted by atomic mass is 9.84. The molecule has 1 fully saturated rings. The van der Waals surface area contributed by atoms with Crippen molar-refractivity contribution in [2.24, 2.45) is 0 Å². The molecule has 9 heteroatoms. The van der Waals surface area contributed by atoms with Crippen molar-refractivity contribution in [3.05, 3.63) is 107 Å².